The van der Waals surface area contributed by atoms with Gasteiger partial charge >= 0.3 is 10.1 Å². The maximum Gasteiger partial charge on any atom is 0.339 e. The molecule has 1 amide bonds. The van der Waals surface area contributed by atoms with Gasteiger partial charge in [-0.3, -0.25) is 9.78 Å². The predicted octanol–water partition coefficient (Wildman–Crippen LogP) is 4.75. The third-order valence-electron chi connectivity index (χ3n) is 7.61. The Morgan fingerprint density at radius 3 is 2.28 bits per heavy atom. The van der Waals surface area contributed by atoms with Crippen molar-refractivity contribution >= 4 is 36.6 Å². The van der Waals surface area contributed by atoms with Crippen LogP contribution in [0.5, 0.6) is 5.75 Å². The van der Waals surface area contributed by atoms with Gasteiger partial charge in [0.1, 0.15) is 10.6 Å². The number of carbonyl (C=O) groups is 1. The van der Waals surface area contributed by atoms with Gasteiger partial charge in [-0.1, -0.05) is 12.1 Å². The van der Waals surface area contributed by atoms with Crippen molar-refractivity contribution in [1.29, 1.82) is 0 Å². The monoisotopic (exact) mass is 616 g/mol. The molecular weight excluding hydrogens is 588 g/mol. The number of nitrogens with zero attached hydrogens (tertiary/aromatic N) is 4. The maximum absolute atomic E-state index is 13.1. The third-order valence-corrected chi connectivity index (χ3v) is 10.0. The number of hydrogen-bond donors (Lipinski definition) is 0. The second-order valence-electron chi connectivity index (χ2n) is 10.4. The molecule has 1 aliphatic rings. The zero-order valence-electron chi connectivity index (χ0n) is 23.2. The molecule has 0 unspecified atom stereocenters. The van der Waals surface area contributed by atoms with E-state index in [4.69, 9.17) is 4.18 Å². The Hall–Kier alpha value is -4.55. The van der Waals surface area contributed by atoms with Gasteiger partial charge in [-0.15, -0.1) is 0 Å². The Labute approximate surface area is 249 Å². The quantitative estimate of drug-likeness (QED) is 0.240. The van der Waals surface area contributed by atoms with Crippen LogP contribution in [0, 0.1) is 0 Å². The zero-order chi connectivity index (χ0) is 30.2. The molecule has 3 heterocycles. The number of benzene rings is 3. The van der Waals surface area contributed by atoms with Gasteiger partial charge in [0, 0.05) is 59.7 Å². The number of carbonyl (C=O) groups excluding carboxylic acids is 1. The number of aromatic nitrogens is 3. The molecule has 220 valence electrons. The second-order valence-corrected chi connectivity index (χ2v) is 14.0. The van der Waals surface area contributed by atoms with E-state index in [2.05, 4.69) is 14.5 Å². The van der Waals surface area contributed by atoms with Crippen molar-refractivity contribution in [3.8, 4) is 17.0 Å². The first-order valence-electron chi connectivity index (χ1n) is 13.6. The van der Waals surface area contributed by atoms with Crippen molar-refractivity contribution in [2.75, 3.05) is 19.3 Å². The molecule has 1 aliphatic heterocycles. The summed E-state index contributed by atoms with van der Waals surface area (Å²) in [6.45, 7) is 1.09. The van der Waals surface area contributed by atoms with Gasteiger partial charge in [-0.2, -0.15) is 8.42 Å². The lowest BCUT2D eigenvalue weighted by Gasteiger charge is -2.33. The molecule has 0 radical (unpaired) electrons. The molecule has 43 heavy (non-hydrogen) atoms. The number of amides is 1. The summed E-state index contributed by atoms with van der Waals surface area (Å²) < 4.78 is 57.2. The summed E-state index contributed by atoms with van der Waals surface area (Å²) in [5, 5.41) is 1.24. The minimum absolute atomic E-state index is 0.0743. The number of fused-ring (bicyclic) bond motifs is 1. The molecule has 6 rings (SSSR count). The van der Waals surface area contributed by atoms with Crippen LogP contribution < -0.4 is 4.18 Å². The second kappa shape index (κ2) is 11.3. The minimum Gasteiger partial charge on any atom is -0.379 e. The average molecular weight is 617 g/mol. The normalized spacial score (nSPS) is 14.6. The molecule has 12 heteroatoms. The van der Waals surface area contributed by atoms with E-state index in [1.807, 2.05) is 0 Å². The van der Waals surface area contributed by atoms with Gasteiger partial charge in [0.25, 0.3) is 5.91 Å². The highest BCUT2D eigenvalue weighted by atomic mass is 32.2. The Morgan fingerprint density at radius 1 is 0.860 bits per heavy atom. The number of sulfone groups is 1. The fourth-order valence-corrected chi connectivity index (χ4v) is 7.14. The molecule has 5 aromatic rings. The maximum atomic E-state index is 13.1. The molecule has 3 aromatic carbocycles. The largest absolute Gasteiger partial charge is 0.379 e. The molecule has 0 atom stereocenters. The van der Waals surface area contributed by atoms with Crippen LogP contribution in [0.15, 0.2) is 108 Å². The SMILES string of the molecule is CS(=O)(=O)c1ccc(C(=O)N2CCC(n3cncc3-c3ccc(OS(=O)(=O)c4cccc5cnccc45)cc3)CC2)cc1. The standard InChI is InChI=1S/C31H28N4O6S2/c1-42(37,38)27-11-7-23(8-12-27)31(36)34-17-14-25(15-18-34)35-21-33-20-29(35)22-5-9-26(10-6-22)41-43(39,40)30-4-2-3-24-19-32-16-13-28(24)30/h2-13,16,19-21,25H,14-15,17-18H2,1H3. The predicted molar refractivity (Wildman–Crippen MR) is 161 cm³/mol. The van der Waals surface area contributed by atoms with Gasteiger partial charge in [0.05, 0.1) is 23.1 Å². The van der Waals surface area contributed by atoms with Gasteiger partial charge in [0.15, 0.2) is 9.84 Å². The molecule has 1 fully saturated rings. The number of hydrogen-bond acceptors (Lipinski definition) is 8. The summed E-state index contributed by atoms with van der Waals surface area (Å²) in [5.74, 6) is 0.0623. The first-order valence-corrected chi connectivity index (χ1v) is 16.9. The van der Waals surface area contributed by atoms with Gasteiger partial charge in [-0.05, 0) is 73.5 Å². The minimum atomic E-state index is -4.08. The van der Waals surface area contributed by atoms with Crippen molar-refractivity contribution in [2.45, 2.75) is 28.7 Å². The average Bonchev–Trinajstić information content (AvgIpc) is 3.50. The molecule has 2 aromatic heterocycles. The summed E-state index contributed by atoms with van der Waals surface area (Å²) in [6.07, 6.45) is 9.26. The summed E-state index contributed by atoms with van der Waals surface area (Å²) in [7, 11) is -7.41. The number of pyridine rings is 1. The highest BCUT2D eigenvalue weighted by Crippen LogP contribution is 2.31. The fourth-order valence-electron chi connectivity index (χ4n) is 5.36. The number of imidazole rings is 1. The number of likely N-dealkylation sites (tertiary alicyclic amines) is 1. The Balaban J connectivity index is 1.13. The van der Waals surface area contributed by atoms with Crippen molar-refractivity contribution in [3.05, 3.63) is 103 Å². The van der Waals surface area contributed by atoms with Crippen LogP contribution in [0.1, 0.15) is 29.2 Å². The van der Waals surface area contributed by atoms with Crippen LogP contribution in [0.4, 0.5) is 0 Å². The Kier molecular flexibility index (Phi) is 7.49. The summed E-state index contributed by atoms with van der Waals surface area (Å²) in [5.41, 5.74) is 2.18. The van der Waals surface area contributed by atoms with Crippen LogP contribution in [-0.2, 0) is 20.0 Å². The van der Waals surface area contributed by atoms with Crippen LogP contribution in [0.2, 0.25) is 0 Å². The van der Waals surface area contributed by atoms with Crippen LogP contribution >= 0.6 is 0 Å². The molecule has 0 saturated carbocycles. The van der Waals surface area contributed by atoms with Crippen LogP contribution in [0.3, 0.4) is 0 Å². The van der Waals surface area contributed by atoms with Crippen molar-refractivity contribution in [1.82, 2.24) is 19.4 Å². The topological polar surface area (TPSA) is 129 Å². The van der Waals surface area contributed by atoms with E-state index < -0.39 is 20.0 Å². The van der Waals surface area contributed by atoms with Gasteiger partial charge in [-0.25, -0.2) is 13.4 Å². The van der Waals surface area contributed by atoms with Crippen molar-refractivity contribution in [2.24, 2.45) is 0 Å². The highest BCUT2D eigenvalue weighted by molar-refractivity contribution is 7.90. The Morgan fingerprint density at radius 2 is 1.58 bits per heavy atom. The van der Waals surface area contributed by atoms with E-state index in [9.17, 15) is 21.6 Å². The molecule has 1 saturated heterocycles. The molecule has 0 aliphatic carbocycles. The number of rotatable bonds is 7. The van der Waals surface area contributed by atoms with Gasteiger partial charge in [0.2, 0.25) is 0 Å². The lowest BCUT2D eigenvalue weighted by Crippen LogP contribution is -2.39. The first-order chi connectivity index (χ1) is 20.6. The van der Waals surface area contributed by atoms with Crippen LogP contribution in [0.25, 0.3) is 22.0 Å². The first kappa shape index (κ1) is 28.6. The van der Waals surface area contributed by atoms with E-state index in [1.165, 1.54) is 18.2 Å². The summed E-state index contributed by atoms with van der Waals surface area (Å²) in [4.78, 5) is 23.5. The lowest BCUT2D eigenvalue weighted by molar-refractivity contribution is 0.0695. The molecule has 10 nitrogen and oxygen atoms in total. The molecular formula is C31H28N4O6S2. The lowest BCUT2D eigenvalue weighted by atomic mass is 10.0. The van der Waals surface area contributed by atoms with E-state index >= 15 is 0 Å². The summed E-state index contributed by atoms with van der Waals surface area (Å²) in [6, 6.07) is 19.6. The molecule has 0 bridgehead atoms. The van der Waals surface area contributed by atoms with E-state index in [0.717, 1.165) is 30.4 Å². The van der Waals surface area contributed by atoms with Crippen molar-refractivity contribution in [3.63, 3.8) is 0 Å². The summed E-state index contributed by atoms with van der Waals surface area (Å²) >= 11 is 0. The highest BCUT2D eigenvalue weighted by Gasteiger charge is 2.26. The van der Waals surface area contributed by atoms with Crippen molar-refractivity contribution < 1.29 is 25.8 Å². The van der Waals surface area contributed by atoms with E-state index in [1.54, 1.807) is 84.4 Å². The van der Waals surface area contributed by atoms with Crippen LogP contribution in [-0.4, -0.2) is 61.5 Å². The molecule has 0 spiro atoms. The zero-order valence-corrected chi connectivity index (χ0v) is 24.8. The van der Waals surface area contributed by atoms with E-state index in [0.29, 0.717) is 29.4 Å². The smallest absolute Gasteiger partial charge is 0.339 e. The fraction of sp³-hybridized carbons (Fsp3) is 0.194. The molecule has 0 N–H and O–H groups in total. The third kappa shape index (κ3) is 5.88. The number of piperidine rings is 1. The van der Waals surface area contributed by atoms with Gasteiger partial charge < -0.3 is 13.7 Å². The van der Waals surface area contributed by atoms with E-state index in [-0.39, 0.29) is 27.5 Å². The Bertz CT molecular complexity index is 2010.